The third kappa shape index (κ3) is 5.31. The third-order valence-electron chi connectivity index (χ3n) is 9.37. The lowest BCUT2D eigenvalue weighted by atomic mass is 9.55. The SMILES string of the molecule is CCOC(=O)COc1cc2c(cc1OC)C1CCC3(C)C(OSN)CCC3C1C/C2=N\OCc1ccc2nonc2c1. The van der Waals surface area contributed by atoms with Gasteiger partial charge < -0.3 is 19.0 Å². The van der Waals surface area contributed by atoms with Crippen LogP contribution >= 0.6 is 12.2 Å². The number of rotatable bonds is 10. The number of nitrogens with zero attached hydrogens (tertiary/aromatic N) is 3. The first-order valence-electron chi connectivity index (χ1n) is 14.4. The molecule has 0 radical (unpaired) electrons. The van der Waals surface area contributed by atoms with Crippen LogP contribution < -0.4 is 14.6 Å². The van der Waals surface area contributed by atoms with Gasteiger partial charge in [-0.25, -0.2) is 9.42 Å². The van der Waals surface area contributed by atoms with Gasteiger partial charge in [-0.05, 0) is 108 Å². The van der Waals surface area contributed by atoms with Crippen LogP contribution in [0.4, 0.5) is 0 Å². The molecular weight excluding hydrogens is 560 g/mol. The topological polar surface area (TPSA) is 141 Å². The van der Waals surface area contributed by atoms with E-state index in [9.17, 15) is 4.79 Å². The van der Waals surface area contributed by atoms with Gasteiger partial charge in [0.15, 0.2) is 18.1 Å². The first kappa shape index (κ1) is 28.8. The Morgan fingerprint density at radius 3 is 2.83 bits per heavy atom. The fraction of sp³-hybridized carbons (Fsp3) is 0.533. The Balaban J connectivity index is 1.33. The van der Waals surface area contributed by atoms with Crippen LogP contribution in [0.1, 0.15) is 68.6 Å². The fourth-order valence-electron chi connectivity index (χ4n) is 7.40. The van der Waals surface area contributed by atoms with Crippen molar-refractivity contribution in [2.75, 3.05) is 20.3 Å². The first-order chi connectivity index (χ1) is 20.4. The predicted octanol–water partition coefficient (Wildman–Crippen LogP) is 5.31. The molecule has 5 atom stereocenters. The summed E-state index contributed by atoms with van der Waals surface area (Å²) in [7, 11) is 1.61. The van der Waals surface area contributed by atoms with E-state index in [1.807, 2.05) is 24.3 Å². The van der Waals surface area contributed by atoms with E-state index in [0.29, 0.717) is 40.3 Å². The van der Waals surface area contributed by atoms with E-state index in [-0.39, 0.29) is 31.3 Å². The molecule has 3 aliphatic carbocycles. The zero-order valence-corrected chi connectivity index (χ0v) is 24.9. The molecule has 0 bridgehead atoms. The zero-order chi connectivity index (χ0) is 29.3. The molecule has 0 aliphatic heterocycles. The van der Waals surface area contributed by atoms with Crippen molar-refractivity contribution >= 4 is 34.9 Å². The Morgan fingerprint density at radius 2 is 2.02 bits per heavy atom. The number of carbonyl (C=O) groups is 1. The van der Waals surface area contributed by atoms with Crippen LogP contribution in [0, 0.1) is 17.3 Å². The van der Waals surface area contributed by atoms with Crippen LogP contribution in [0.3, 0.4) is 0 Å². The number of nitrogens with two attached hydrogens (primary N) is 1. The molecule has 3 aromatic rings. The number of benzene rings is 2. The van der Waals surface area contributed by atoms with Crippen molar-refractivity contribution in [2.24, 2.45) is 27.5 Å². The summed E-state index contributed by atoms with van der Waals surface area (Å²) in [5.41, 5.74) is 5.28. The maximum atomic E-state index is 12.0. The lowest BCUT2D eigenvalue weighted by molar-refractivity contribution is -0.145. The summed E-state index contributed by atoms with van der Waals surface area (Å²) >= 11 is 0.977. The average Bonchev–Trinajstić information content (AvgIpc) is 3.60. The van der Waals surface area contributed by atoms with Crippen molar-refractivity contribution in [1.29, 1.82) is 0 Å². The molecular formula is C30H36N4O7S. The van der Waals surface area contributed by atoms with E-state index in [4.69, 9.17) is 38.2 Å². The molecule has 6 rings (SSSR count). The molecule has 42 heavy (non-hydrogen) atoms. The largest absolute Gasteiger partial charge is 0.493 e. The minimum absolute atomic E-state index is 0.0465. The van der Waals surface area contributed by atoms with Crippen LogP contribution in [-0.2, 0) is 25.2 Å². The second-order valence-corrected chi connectivity index (χ2v) is 11.9. The normalized spacial score (nSPS) is 27.3. The van der Waals surface area contributed by atoms with E-state index in [1.54, 1.807) is 14.0 Å². The second-order valence-electron chi connectivity index (χ2n) is 11.5. The summed E-state index contributed by atoms with van der Waals surface area (Å²) in [6.07, 6.45) is 5.03. The molecule has 0 saturated heterocycles. The Hall–Kier alpha value is -3.35. The molecule has 12 heteroatoms. The summed E-state index contributed by atoms with van der Waals surface area (Å²) in [6, 6.07) is 9.63. The number of carbonyl (C=O) groups excluding carboxylic acids is 1. The van der Waals surface area contributed by atoms with E-state index < -0.39 is 5.97 Å². The number of ether oxygens (including phenoxy) is 3. The zero-order valence-electron chi connectivity index (χ0n) is 24.0. The minimum atomic E-state index is -0.436. The number of methoxy groups -OCH3 is 1. The van der Waals surface area contributed by atoms with Gasteiger partial charge in [-0.15, -0.1) is 0 Å². The number of fused-ring (bicyclic) bond motifs is 6. The molecule has 11 nitrogen and oxygen atoms in total. The van der Waals surface area contributed by atoms with Crippen LogP contribution in [0.2, 0.25) is 0 Å². The van der Waals surface area contributed by atoms with Crippen molar-refractivity contribution in [3.05, 3.63) is 47.0 Å². The van der Waals surface area contributed by atoms with E-state index in [1.165, 1.54) is 5.56 Å². The van der Waals surface area contributed by atoms with Gasteiger partial charge in [0.05, 0.1) is 37.8 Å². The van der Waals surface area contributed by atoms with Gasteiger partial charge in [0.25, 0.3) is 0 Å². The second kappa shape index (κ2) is 12.1. The third-order valence-corrected chi connectivity index (χ3v) is 9.72. The lowest BCUT2D eigenvalue weighted by Gasteiger charge is -2.50. The summed E-state index contributed by atoms with van der Waals surface area (Å²) < 4.78 is 27.4. The molecule has 2 aromatic carbocycles. The van der Waals surface area contributed by atoms with Gasteiger partial charge in [-0.3, -0.25) is 9.32 Å². The van der Waals surface area contributed by atoms with Crippen molar-refractivity contribution in [2.45, 2.75) is 64.6 Å². The fourth-order valence-corrected chi connectivity index (χ4v) is 7.85. The van der Waals surface area contributed by atoms with Crippen LogP contribution in [0.15, 0.2) is 40.1 Å². The monoisotopic (exact) mass is 596 g/mol. The van der Waals surface area contributed by atoms with Gasteiger partial charge in [-0.1, -0.05) is 18.1 Å². The maximum absolute atomic E-state index is 12.0. The van der Waals surface area contributed by atoms with Crippen LogP contribution in [0.5, 0.6) is 11.5 Å². The number of oxime groups is 1. The number of esters is 1. The highest BCUT2D eigenvalue weighted by atomic mass is 32.2. The maximum Gasteiger partial charge on any atom is 0.344 e. The van der Waals surface area contributed by atoms with Gasteiger partial charge in [0, 0.05) is 5.56 Å². The number of hydrogen-bond acceptors (Lipinski definition) is 12. The number of aromatic nitrogens is 2. The highest BCUT2D eigenvalue weighted by Crippen LogP contribution is 2.62. The Labute approximate surface area is 248 Å². The van der Waals surface area contributed by atoms with E-state index in [2.05, 4.69) is 23.3 Å². The Bertz CT molecular complexity index is 1480. The molecule has 2 N–H and O–H groups in total. The molecule has 1 aromatic heterocycles. The summed E-state index contributed by atoms with van der Waals surface area (Å²) in [6.45, 7) is 4.46. The highest BCUT2D eigenvalue weighted by Gasteiger charge is 2.56. The molecule has 1 heterocycles. The minimum Gasteiger partial charge on any atom is -0.493 e. The smallest absolute Gasteiger partial charge is 0.344 e. The molecule has 0 amide bonds. The predicted molar refractivity (Wildman–Crippen MR) is 156 cm³/mol. The Kier molecular flexibility index (Phi) is 8.28. The van der Waals surface area contributed by atoms with Gasteiger partial charge in [0.1, 0.15) is 17.6 Å². The summed E-state index contributed by atoms with van der Waals surface area (Å²) in [4.78, 5) is 18.0. The molecule has 2 fully saturated rings. The molecule has 224 valence electrons. The van der Waals surface area contributed by atoms with Crippen molar-refractivity contribution in [3.8, 4) is 11.5 Å². The lowest BCUT2D eigenvalue weighted by Crippen LogP contribution is -2.45. The first-order valence-corrected chi connectivity index (χ1v) is 15.2. The highest BCUT2D eigenvalue weighted by molar-refractivity contribution is 7.92. The van der Waals surface area contributed by atoms with Crippen molar-refractivity contribution in [1.82, 2.24) is 10.3 Å². The van der Waals surface area contributed by atoms with Gasteiger partial charge in [-0.2, -0.15) is 0 Å². The molecule has 5 unspecified atom stereocenters. The standard InChI is InChI=1S/C30H36N4O7S/c1-4-37-29(35)16-38-27-14-21-19(13-26(27)36-3)18-9-10-30(2)22(6-8-28(30)40-42-31)20(18)12-24(21)32-39-15-17-5-7-23-25(11-17)34-41-33-23/h5,7,11,13-14,18,20,22,28H,4,6,8-10,12,15-16,31H2,1-3H3/b32-24+. The average molecular weight is 597 g/mol. The van der Waals surface area contributed by atoms with Crippen LogP contribution in [-0.4, -0.2) is 48.4 Å². The summed E-state index contributed by atoms with van der Waals surface area (Å²) in [5.74, 6) is 1.76. The quantitative estimate of drug-likeness (QED) is 0.141. The Morgan fingerprint density at radius 1 is 1.17 bits per heavy atom. The van der Waals surface area contributed by atoms with Crippen molar-refractivity contribution in [3.63, 3.8) is 0 Å². The molecule has 2 saturated carbocycles. The van der Waals surface area contributed by atoms with Gasteiger partial charge in [0.2, 0.25) is 0 Å². The van der Waals surface area contributed by atoms with E-state index in [0.717, 1.165) is 61.2 Å². The van der Waals surface area contributed by atoms with E-state index >= 15 is 0 Å². The summed E-state index contributed by atoms with van der Waals surface area (Å²) in [5, 5.41) is 18.2. The molecule has 3 aliphatic rings. The molecule has 0 spiro atoms. The van der Waals surface area contributed by atoms with Gasteiger partial charge >= 0.3 is 5.97 Å². The van der Waals surface area contributed by atoms with Crippen molar-refractivity contribution < 1.29 is 32.7 Å². The van der Waals surface area contributed by atoms with Crippen LogP contribution in [0.25, 0.3) is 11.0 Å². The number of hydrogen-bond donors (Lipinski definition) is 1.